The molecule has 3 aromatic heterocycles. The lowest BCUT2D eigenvalue weighted by Gasteiger charge is -2.33. The predicted molar refractivity (Wildman–Crippen MR) is 312 cm³/mol. The Bertz CT molecular complexity index is 2810. The van der Waals surface area contributed by atoms with E-state index in [2.05, 4.69) is 36.8 Å². The number of rotatable bonds is 13. The smallest absolute Gasteiger partial charge is 0.205 e. The van der Waals surface area contributed by atoms with Crippen molar-refractivity contribution < 1.29 is 73.4 Å². The summed E-state index contributed by atoms with van der Waals surface area (Å²) in [4.78, 5) is 13.3. The second-order valence-electron chi connectivity index (χ2n) is 19.1. The van der Waals surface area contributed by atoms with E-state index >= 15 is 0 Å². The van der Waals surface area contributed by atoms with Crippen LogP contribution in [-0.4, -0.2) is 115 Å². The fourth-order valence-electron chi connectivity index (χ4n) is 8.55. The van der Waals surface area contributed by atoms with Gasteiger partial charge in [0.25, 0.3) is 0 Å². The number of aliphatic hydroxyl groups excluding tert-OH is 5. The number of nitrogens with zero attached hydrogens (tertiary/aromatic N) is 6. The molecule has 7 aromatic rings. The van der Waals surface area contributed by atoms with Gasteiger partial charge in [0.2, 0.25) is 6.20 Å². The number of benzene rings is 4. The summed E-state index contributed by atoms with van der Waals surface area (Å²) in [6.45, 7) is 5.72. The fourth-order valence-corrected chi connectivity index (χ4v) is 8.55. The summed E-state index contributed by atoms with van der Waals surface area (Å²) >= 11 is 0. The van der Waals surface area contributed by atoms with Crippen molar-refractivity contribution in [2.75, 3.05) is 59.1 Å². The van der Waals surface area contributed by atoms with Gasteiger partial charge in [-0.05, 0) is 71.8 Å². The van der Waals surface area contributed by atoms with Crippen molar-refractivity contribution in [2.24, 2.45) is 5.92 Å². The fraction of sp³-hybridized carbons (Fsp3) is 0.317. The lowest BCUT2D eigenvalue weighted by molar-refractivity contribution is -0.689. The van der Waals surface area contributed by atoms with Gasteiger partial charge in [-0.3, -0.25) is 24.7 Å². The van der Waals surface area contributed by atoms with Gasteiger partial charge in [0, 0.05) is 86.9 Å². The molecule has 5 N–H and O–H groups in total. The molecule has 0 saturated carbocycles. The number of piperidine rings is 1. The summed E-state index contributed by atoms with van der Waals surface area (Å²) in [5, 5.41) is 44.1. The van der Waals surface area contributed by atoms with Gasteiger partial charge in [-0.25, -0.2) is 22.0 Å². The quantitative estimate of drug-likeness (QED) is 0.0583. The van der Waals surface area contributed by atoms with E-state index < -0.39 is 12.0 Å². The summed E-state index contributed by atoms with van der Waals surface area (Å²) < 4.78 is 79.9. The minimum Gasteiger partial charge on any atom is -1.00 e. The Labute approximate surface area is 506 Å². The Hall–Kier alpha value is -5.87. The highest BCUT2D eigenvalue weighted by atomic mass is 79.9. The van der Waals surface area contributed by atoms with E-state index in [1.807, 2.05) is 109 Å². The number of alkyl halides is 1. The molecule has 3 aliphatic heterocycles. The molecule has 0 amide bonds. The van der Waals surface area contributed by atoms with Gasteiger partial charge in [0.15, 0.2) is 18.6 Å². The van der Waals surface area contributed by atoms with Gasteiger partial charge in [-0.1, -0.05) is 121 Å². The lowest BCUT2D eigenvalue weighted by atomic mass is 9.95. The number of pyridine rings is 3. The van der Waals surface area contributed by atoms with E-state index in [0.29, 0.717) is 55.7 Å². The first kappa shape index (κ1) is 73.2. The second-order valence-corrected chi connectivity index (χ2v) is 19.1. The third-order valence-corrected chi connectivity index (χ3v) is 13.2. The zero-order valence-electron chi connectivity index (χ0n) is 46.1. The number of likely N-dealkylation sites (tertiary alicyclic amines) is 1. The van der Waals surface area contributed by atoms with Crippen molar-refractivity contribution in [3.05, 3.63) is 256 Å². The average molecular weight is 1260 g/mol. The van der Waals surface area contributed by atoms with Crippen LogP contribution in [-0.2, 0) is 39.4 Å². The molecule has 4 aromatic carbocycles. The summed E-state index contributed by atoms with van der Waals surface area (Å²) in [7, 11) is 0. The topological polar surface area (TPSA) is 141 Å². The van der Waals surface area contributed by atoms with E-state index in [9.17, 15) is 26.3 Å². The number of halogens is 9. The van der Waals surface area contributed by atoms with Crippen LogP contribution >= 0.6 is 24.8 Å². The maximum atomic E-state index is 13.6. The van der Waals surface area contributed by atoms with E-state index in [0.717, 1.165) is 57.4 Å². The molecule has 2 atom stereocenters. The molecule has 11 nitrogen and oxygen atoms in total. The third kappa shape index (κ3) is 27.6. The first-order valence-electron chi connectivity index (χ1n) is 26.5. The largest absolute Gasteiger partial charge is 1.00 e. The van der Waals surface area contributed by atoms with Crippen LogP contribution in [0.4, 0.5) is 26.3 Å². The molecule has 20 heteroatoms. The lowest BCUT2D eigenvalue weighted by Crippen LogP contribution is -3.00. The Morgan fingerprint density at radius 1 is 0.494 bits per heavy atom. The zero-order valence-corrected chi connectivity index (χ0v) is 49.3. The standard InChI is InChI=1S/C13H18FNO.2C13H16FNO.C13H13FNO.C6H6FNO.C5H4FN.BrH.2ClH/c4*14-13-9-15(7-6-12(13)10-16)8-11-4-2-1-3-5-11;7-6-3-8-2-1-5(6)4-9;6-5-2-1-3-7-4-5;;;/h1-5,12-13,16H,6-10H2;2*1-5,16H,6-10H2;1-7,9,16H,8,10H2;1-3,9H,4H2;1-4H;3*1H/q;;;+1;;;;;/p-1/t12-,13-;;;;;;;;/m1......../s1. The van der Waals surface area contributed by atoms with Crippen LogP contribution in [0.15, 0.2) is 206 Å². The molecule has 10 rings (SSSR count). The Morgan fingerprint density at radius 3 is 1.31 bits per heavy atom. The highest BCUT2D eigenvalue weighted by molar-refractivity contribution is 5.85. The number of aromatic nitrogens is 3. The first-order chi connectivity index (χ1) is 38.9. The van der Waals surface area contributed by atoms with Crippen LogP contribution in [0.2, 0.25) is 0 Å². The van der Waals surface area contributed by atoms with Crippen molar-refractivity contribution in [3.63, 3.8) is 0 Å². The van der Waals surface area contributed by atoms with Crippen molar-refractivity contribution in [1.82, 2.24) is 24.7 Å². The van der Waals surface area contributed by atoms with Crippen molar-refractivity contribution >= 4 is 24.8 Å². The molecule has 1 saturated heterocycles. The van der Waals surface area contributed by atoms with Gasteiger partial charge in [0.05, 0.1) is 51.9 Å². The van der Waals surface area contributed by atoms with Crippen LogP contribution in [0, 0.1) is 23.4 Å². The molecule has 0 unspecified atom stereocenters. The molecule has 450 valence electrons. The van der Waals surface area contributed by atoms with Crippen LogP contribution in [0.5, 0.6) is 0 Å². The summed E-state index contributed by atoms with van der Waals surface area (Å²) in [5.74, 6) is -1.61. The van der Waals surface area contributed by atoms with Crippen molar-refractivity contribution in [3.8, 4) is 0 Å². The summed E-state index contributed by atoms with van der Waals surface area (Å²) in [6, 6.07) is 46.0. The van der Waals surface area contributed by atoms with Crippen LogP contribution in [0.1, 0.15) is 52.6 Å². The molecule has 0 spiro atoms. The zero-order chi connectivity index (χ0) is 57.3. The number of aliphatic hydroxyl groups is 5. The van der Waals surface area contributed by atoms with E-state index in [1.54, 1.807) is 22.9 Å². The molecular formula is C63H75BrCl2F6N6O5. The molecule has 83 heavy (non-hydrogen) atoms. The van der Waals surface area contributed by atoms with E-state index in [1.165, 1.54) is 53.6 Å². The molecule has 3 aliphatic rings. The van der Waals surface area contributed by atoms with Gasteiger partial charge < -0.3 is 42.5 Å². The summed E-state index contributed by atoms with van der Waals surface area (Å²) in [6.07, 6.45) is 9.51. The molecule has 0 aliphatic carbocycles. The Morgan fingerprint density at radius 2 is 0.952 bits per heavy atom. The second kappa shape index (κ2) is 42.0. The maximum absolute atomic E-state index is 13.6. The van der Waals surface area contributed by atoms with Gasteiger partial charge in [-0.2, -0.15) is 8.96 Å². The van der Waals surface area contributed by atoms with Gasteiger partial charge in [0.1, 0.15) is 29.5 Å². The Balaban J connectivity index is 0.000000344. The van der Waals surface area contributed by atoms with Crippen LogP contribution in [0.25, 0.3) is 0 Å². The van der Waals surface area contributed by atoms with Crippen molar-refractivity contribution in [1.29, 1.82) is 0 Å². The van der Waals surface area contributed by atoms with E-state index in [-0.39, 0.29) is 110 Å². The summed E-state index contributed by atoms with van der Waals surface area (Å²) in [5.41, 5.74) is 6.45. The number of hydrogen-bond donors (Lipinski definition) is 5. The van der Waals surface area contributed by atoms with Crippen LogP contribution < -0.4 is 21.5 Å². The van der Waals surface area contributed by atoms with Crippen molar-refractivity contribution in [2.45, 2.75) is 64.8 Å². The predicted octanol–water partition coefficient (Wildman–Crippen LogP) is 7.49. The average Bonchev–Trinajstić information content (AvgIpc) is 3.59. The molecule has 0 bridgehead atoms. The van der Waals surface area contributed by atoms with Gasteiger partial charge >= 0.3 is 0 Å². The van der Waals surface area contributed by atoms with E-state index in [4.69, 9.17) is 25.5 Å². The monoisotopic (exact) mass is 1260 g/mol. The molecule has 6 heterocycles. The van der Waals surface area contributed by atoms with Gasteiger partial charge in [-0.15, -0.1) is 24.8 Å². The third-order valence-electron chi connectivity index (χ3n) is 13.2. The molecular weight excluding hydrogens is 1190 g/mol. The molecule has 1 fully saturated rings. The number of hydrogen-bond acceptors (Lipinski definition) is 10. The normalized spacial score (nSPS) is 15.8. The molecule has 0 radical (unpaired) electrons. The Kier molecular flexibility index (Phi) is 37.1. The van der Waals surface area contributed by atoms with Crippen LogP contribution in [0.3, 0.4) is 0 Å². The highest BCUT2D eigenvalue weighted by Crippen LogP contribution is 2.23. The minimum absolute atomic E-state index is 0. The minimum atomic E-state index is -0.887. The first-order valence-corrected chi connectivity index (χ1v) is 26.5. The SMILES string of the molecule is Cl.Cl.Fc1cccnc1.OCC1=C(F)CN(Cc2ccccc2)CC1.OCC1=C(F)CN(Cc2ccccc2)CC1.OC[C@H]1CCN(Cc2ccccc2)C[C@H]1F.OCc1cc[n+](Cc2ccccc2)cc1F.OCc1ccncc1F.[Br-]. The highest BCUT2D eigenvalue weighted by Gasteiger charge is 2.28. The maximum Gasteiger partial charge on any atom is 0.205 e.